The summed E-state index contributed by atoms with van der Waals surface area (Å²) in [6, 6.07) is 15.5. The molecule has 0 atom stereocenters. The molecule has 1 aliphatic rings. The van der Waals surface area contributed by atoms with E-state index < -0.39 is 0 Å². The summed E-state index contributed by atoms with van der Waals surface area (Å²) in [5, 5.41) is 2.74. The van der Waals surface area contributed by atoms with Crippen molar-refractivity contribution < 1.29 is 0 Å². The second kappa shape index (κ2) is 5.01. The third-order valence-corrected chi connectivity index (χ3v) is 5.16. The Morgan fingerprint density at radius 1 is 0.952 bits per heavy atom. The molecule has 1 aromatic heterocycles. The molecule has 0 N–H and O–H groups in total. The lowest BCUT2D eigenvalue weighted by atomic mass is 10.0. The highest BCUT2D eigenvalue weighted by Gasteiger charge is 2.07. The molecule has 21 heavy (non-hydrogen) atoms. The van der Waals surface area contributed by atoms with Crippen LogP contribution in [0, 0.1) is 0 Å². The predicted octanol–water partition coefficient (Wildman–Crippen LogP) is 6.34. The molecule has 0 saturated heterocycles. The summed E-state index contributed by atoms with van der Waals surface area (Å²) in [5.74, 6) is 0. The van der Waals surface area contributed by atoms with Crippen molar-refractivity contribution in [1.29, 1.82) is 0 Å². The van der Waals surface area contributed by atoms with Crippen LogP contribution < -0.4 is 0 Å². The van der Waals surface area contributed by atoms with Crippen molar-refractivity contribution in [3.05, 3.63) is 77.9 Å². The smallest absolute Gasteiger partial charge is 0.0355 e. The molecule has 2 aromatic carbocycles. The van der Waals surface area contributed by atoms with Crippen LogP contribution in [0.2, 0.25) is 0 Å². The maximum Gasteiger partial charge on any atom is 0.0355 e. The van der Waals surface area contributed by atoms with Crippen molar-refractivity contribution in [2.75, 3.05) is 0 Å². The largest absolute Gasteiger partial charge is 0.135 e. The fraction of sp³-hybridized carbons (Fsp3) is 0.100. The van der Waals surface area contributed by atoms with Gasteiger partial charge in [-0.05, 0) is 42.7 Å². The normalized spacial score (nSPS) is 15.1. The summed E-state index contributed by atoms with van der Waals surface area (Å²) < 4.78 is 2.74. The van der Waals surface area contributed by atoms with Gasteiger partial charge in [0.2, 0.25) is 0 Å². The quantitative estimate of drug-likeness (QED) is 0.490. The van der Waals surface area contributed by atoms with Crippen LogP contribution in [0.15, 0.2) is 72.3 Å². The minimum atomic E-state index is 1.03. The molecule has 4 rings (SSSR count). The van der Waals surface area contributed by atoms with E-state index >= 15 is 0 Å². The maximum absolute atomic E-state index is 2.34. The van der Waals surface area contributed by atoms with Crippen molar-refractivity contribution in [3.63, 3.8) is 0 Å². The number of hydrogen-bond donors (Lipinski definition) is 0. The van der Waals surface area contributed by atoms with Crippen LogP contribution in [-0.2, 0) is 0 Å². The first-order valence-electron chi connectivity index (χ1n) is 7.27. The van der Waals surface area contributed by atoms with Gasteiger partial charge in [-0.1, -0.05) is 54.1 Å². The molecule has 0 aliphatic heterocycles. The standard InChI is InChI=1S/C20H16S/c1-14-5-4-6-15(10-9-14)16-11-12-20-18(13-16)17-7-2-3-8-19(17)21-20/h2-8,10-13H,9H2,1H3. The molecule has 1 heterocycles. The molecule has 0 amide bonds. The highest BCUT2D eigenvalue weighted by Crippen LogP contribution is 2.35. The minimum Gasteiger partial charge on any atom is -0.135 e. The molecular formula is C20H16S. The molecule has 0 radical (unpaired) electrons. The topological polar surface area (TPSA) is 0 Å². The lowest BCUT2D eigenvalue weighted by Crippen LogP contribution is -1.81. The number of fused-ring (bicyclic) bond motifs is 3. The average Bonchev–Trinajstić information content (AvgIpc) is 2.74. The monoisotopic (exact) mass is 288 g/mol. The first-order chi connectivity index (χ1) is 10.3. The van der Waals surface area contributed by atoms with E-state index in [1.54, 1.807) is 0 Å². The Bertz CT molecular complexity index is 919. The minimum absolute atomic E-state index is 1.03. The summed E-state index contributed by atoms with van der Waals surface area (Å²) in [7, 11) is 0. The van der Waals surface area contributed by atoms with Gasteiger partial charge in [-0.15, -0.1) is 11.3 Å². The van der Waals surface area contributed by atoms with Gasteiger partial charge >= 0.3 is 0 Å². The van der Waals surface area contributed by atoms with Gasteiger partial charge in [-0.2, -0.15) is 0 Å². The van der Waals surface area contributed by atoms with E-state index in [1.165, 1.54) is 36.9 Å². The molecule has 0 spiro atoms. The highest BCUT2D eigenvalue weighted by molar-refractivity contribution is 7.25. The van der Waals surface area contributed by atoms with Crippen LogP contribution in [0.5, 0.6) is 0 Å². The van der Waals surface area contributed by atoms with Crippen molar-refractivity contribution >= 4 is 37.1 Å². The van der Waals surface area contributed by atoms with Gasteiger partial charge in [0.1, 0.15) is 0 Å². The van der Waals surface area contributed by atoms with Gasteiger partial charge in [0.25, 0.3) is 0 Å². The summed E-state index contributed by atoms with van der Waals surface area (Å²) >= 11 is 1.87. The Morgan fingerprint density at radius 2 is 1.81 bits per heavy atom. The van der Waals surface area contributed by atoms with Crippen LogP contribution in [-0.4, -0.2) is 0 Å². The van der Waals surface area contributed by atoms with Gasteiger partial charge in [0, 0.05) is 20.2 Å². The Hall–Kier alpha value is -2.12. The fourth-order valence-electron chi connectivity index (χ4n) is 2.84. The molecule has 1 heteroatoms. The first-order valence-corrected chi connectivity index (χ1v) is 8.08. The highest BCUT2D eigenvalue weighted by atomic mass is 32.1. The van der Waals surface area contributed by atoms with Crippen molar-refractivity contribution in [1.82, 2.24) is 0 Å². The SMILES string of the molecule is CC1=CC=CC(c2ccc3sc4ccccc4c3c2)=CC1. The predicted molar refractivity (Wildman–Crippen MR) is 94.8 cm³/mol. The summed E-state index contributed by atoms with van der Waals surface area (Å²) in [6.07, 6.45) is 9.92. The summed E-state index contributed by atoms with van der Waals surface area (Å²) in [4.78, 5) is 0. The Morgan fingerprint density at radius 3 is 2.76 bits per heavy atom. The van der Waals surface area contributed by atoms with Crippen LogP contribution in [0.1, 0.15) is 18.9 Å². The Kier molecular flexibility index (Phi) is 3.01. The Labute approximate surface area is 128 Å². The zero-order valence-corrected chi connectivity index (χ0v) is 12.8. The lowest BCUT2D eigenvalue weighted by Gasteiger charge is -2.03. The third-order valence-electron chi connectivity index (χ3n) is 4.01. The molecule has 0 unspecified atom stereocenters. The number of benzene rings is 2. The summed E-state index contributed by atoms with van der Waals surface area (Å²) in [5.41, 5.74) is 4.04. The lowest BCUT2D eigenvalue weighted by molar-refractivity contribution is 1.22. The first kappa shape index (κ1) is 12.6. The van der Waals surface area contributed by atoms with Crippen molar-refractivity contribution in [2.45, 2.75) is 13.3 Å². The van der Waals surface area contributed by atoms with Gasteiger partial charge < -0.3 is 0 Å². The molecule has 0 saturated carbocycles. The second-order valence-electron chi connectivity index (χ2n) is 5.54. The Balaban J connectivity index is 1.89. The average molecular weight is 288 g/mol. The van der Waals surface area contributed by atoms with Gasteiger partial charge in [-0.25, -0.2) is 0 Å². The van der Waals surface area contributed by atoms with E-state index in [1.807, 2.05) is 11.3 Å². The van der Waals surface area contributed by atoms with Crippen LogP contribution >= 0.6 is 11.3 Å². The number of rotatable bonds is 1. The molecule has 102 valence electrons. The molecule has 1 aliphatic carbocycles. The van der Waals surface area contributed by atoms with Gasteiger partial charge in [-0.3, -0.25) is 0 Å². The van der Waals surface area contributed by atoms with E-state index in [-0.39, 0.29) is 0 Å². The van der Waals surface area contributed by atoms with E-state index in [0.717, 1.165) is 6.42 Å². The van der Waals surface area contributed by atoms with E-state index in [9.17, 15) is 0 Å². The van der Waals surface area contributed by atoms with Crippen molar-refractivity contribution in [3.8, 4) is 0 Å². The van der Waals surface area contributed by atoms with Gasteiger partial charge in [0.15, 0.2) is 0 Å². The molecule has 0 nitrogen and oxygen atoms in total. The number of hydrogen-bond acceptors (Lipinski definition) is 1. The fourth-order valence-corrected chi connectivity index (χ4v) is 3.93. The number of allylic oxidation sites excluding steroid dienone is 6. The second-order valence-corrected chi connectivity index (χ2v) is 6.63. The molecular weight excluding hydrogens is 272 g/mol. The van der Waals surface area contributed by atoms with Crippen LogP contribution in [0.25, 0.3) is 25.7 Å². The van der Waals surface area contributed by atoms with Crippen molar-refractivity contribution in [2.24, 2.45) is 0 Å². The molecule has 0 fully saturated rings. The summed E-state index contributed by atoms with van der Waals surface area (Å²) in [6.45, 7) is 2.18. The zero-order chi connectivity index (χ0) is 14.2. The van der Waals surface area contributed by atoms with Crippen LogP contribution in [0.4, 0.5) is 0 Å². The number of thiophene rings is 1. The van der Waals surface area contributed by atoms with Gasteiger partial charge in [0.05, 0.1) is 0 Å². The molecule has 0 bridgehead atoms. The van der Waals surface area contributed by atoms with E-state index in [2.05, 4.69) is 73.7 Å². The van der Waals surface area contributed by atoms with E-state index in [4.69, 9.17) is 0 Å². The maximum atomic E-state index is 2.34. The zero-order valence-electron chi connectivity index (χ0n) is 12.0. The van der Waals surface area contributed by atoms with Crippen LogP contribution in [0.3, 0.4) is 0 Å². The van der Waals surface area contributed by atoms with E-state index in [0.29, 0.717) is 0 Å². The third kappa shape index (κ3) is 2.24. The molecule has 3 aromatic rings.